The average molecular weight is 239 g/mol. The summed E-state index contributed by atoms with van der Waals surface area (Å²) in [7, 11) is 0. The summed E-state index contributed by atoms with van der Waals surface area (Å²) < 4.78 is 5.04. The predicted molar refractivity (Wildman–Crippen MR) is 65.7 cm³/mol. The third-order valence-electron chi connectivity index (χ3n) is 2.45. The van der Waals surface area contributed by atoms with Gasteiger partial charge in [-0.3, -0.25) is 4.79 Å². The van der Waals surface area contributed by atoms with Gasteiger partial charge in [0.05, 0.1) is 6.54 Å². The van der Waals surface area contributed by atoms with Crippen molar-refractivity contribution in [1.29, 1.82) is 0 Å². The largest absolute Gasteiger partial charge is 0.444 e. The van der Waals surface area contributed by atoms with Crippen molar-refractivity contribution in [3.8, 4) is 0 Å². The highest BCUT2D eigenvalue weighted by molar-refractivity contribution is 5.84. The zero-order valence-electron chi connectivity index (χ0n) is 10.8. The van der Waals surface area contributed by atoms with Crippen molar-refractivity contribution >= 4 is 11.9 Å². The van der Waals surface area contributed by atoms with Gasteiger partial charge < -0.3 is 10.1 Å². The van der Waals surface area contributed by atoms with Gasteiger partial charge in [-0.05, 0) is 39.5 Å². The lowest BCUT2D eigenvalue weighted by Gasteiger charge is -2.19. The van der Waals surface area contributed by atoms with Gasteiger partial charge >= 0.3 is 6.09 Å². The maximum Gasteiger partial charge on any atom is 0.408 e. The Hall–Kier alpha value is -1.32. The van der Waals surface area contributed by atoms with Crippen LogP contribution in [-0.4, -0.2) is 24.0 Å². The quantitative estimate of drug-likeness (QED) is 0.767. The summed E-state index contributed by atoms with van der Waals surface area (Å²) in [6.45, 7) is 5.43. The van der Waals surface area contributed by atoms with Crippen LogP contribution in [0.3, 0.4) is 0 Å². The first-order valence-electron chi connectivity index (χ1n) is 6.00. The van der Waals surface area contributed by atoms with E-state index in [1.54, 1.807) is 20.8 Å². The summed E-state index contributed by atoms with van der Waals surface area (Å²) in [4.78, 5) is 22.9. The molecule has 0 fully saturated rings. The zero-order valence-corrected chi connectivity index (χ0v) is 10.8. The minimum atomic E-state index is -0.532. The Kier molecular flexibility index (Phi) is 4.73. The van der Waals surface area contributed by atoms with E-state index in [0.717, 1.165) is 12.8 Å². The number of rotatable bonds is 4. The molecule has 4 heteroatoms. The van der Waals surface area contributed by atoms with Crippen molar-refractivity contribution in [3.63, 3.8) is 0 Å². The Morgan fingerprint density at radius 1 is 1.29 bits per heavy atom. The summed E-state index contributed by atoms with van der Waals surface area (Å²) in [5, 5.41) is 2.48. The molecule has 0 aromatic carbocycles. The van der Waals surface area contributed by atoms with Crippen LogP contribution >= 0.6 is 0 Å². The molecule has 0 radical (unpaired) electrons. The van der Waals surface area contributed by atoms with Gasteiger partial charge in [0.1, 0.15) is 5.60 Å². The second kappa shape index (κ2) is 5.84. The Bertz CT molecular complexity index is 307. The van der Waals surface area contributed by atoms with Crippen LogP contribution in [0.5, 0.6) is 0 Å². The molecular weight excluding hydrogens is 218 g/mol. The van der Waals surface area contributed by atoms with Gasteiger partial charge in [-0.1, -0.05) is 12.2 Å². The molecule has 0 spiro atoms. The molecule has 17 heavy (non-hydrogen) atoms. The van der Waals surface area contributed by atoms with E-state index in [2.05, 4.69) is 17.5 Å². The highest BCUT2D eigenvalue weighted by Gasteiger charge is 2.18. The second-order valence-electron chi connectivity index (χ2n) is 5.41. The van der Waals surface area contributed by atoms with E-state index in [-0.39, 0.29) is 12.3 Å². The summed E-state index contributed by atoms with van der Waals surface area (Å²) in [5.74, 6) is 0.479. The van der Waals surface area contributed by atoms with Gasteiger partial charge in [-0.25, -0.2) is 4.79 Å². The topological polar surface area (TPSA) is 55.4 Å². The first-order valence-corrected chi connectivity index (χ1v) is 6.00. The van der Waals surface area contributed by atoms with Crippen molar-refractivity contribution in [1.82, 2.24) is 5.32 Å². The number of carbonyl (C=O) groups excluding carboxylic acids is 2. The zero-order chi connectivity index (χ0) is 12.9. The van der Waals surface area contributed by atoms with Crippen LogP contribution in [0.25, 0.3) is 0 Å². The van der Waals surface area contributed by atoms with Crippen molar-refractivity contribution in [2.24, 2.45) is 5.92 Å². The lowest BCUT2D eigenvalue weighted by molar-refractivity contribution is -0.119. The first-order chi connectivity index (χ1) is 7.87. The van der Waals surface area contributed by atoms with E-state index in [1.165, 1.54) is 0 Å². The van der Waals surface area contributed by atoms with Gasteiger partial charge in [0.25, 0.3) is 0 Å². The fourth-order valence-corrected chi connectivity index (χ4v) is 1.72. The van der Waals surface area contributed by atoms with E-state index in [4.69, 9.17) is 4.74 Å². The maximum absolute atomic E-state index is 11.6. The summed E-state index contributed by atoms with van der Waals surface area (Å²) in [5.41, 5.74) is -0.525. The molecule has 4 nitrogen and oxygen atoms in total. The summed E-state index contributed by atoms with van der Waals surface area (Å²) in [6.07, 6.45) is 6.13. The molecule has 0 aromatic heterocycles. The average Bonchev–Trinajstić information content (AvgIpc) is 2.64. The van der Waals surface area contributed by atoms with Gasteiger partial charge in [0, 0.05) is 6.42 Å². The van der Waals surface area contributed by atoms with E-state index >= 15 is 0 Å². The SMILES string of the molecule is CC(C)(C)OC(=O)NCC(=O)CC1CC=CC1. The fraction of sp³-hybridized carbons (Fsp3) is 0.692. The molecule has 1 rings (SSSR count). The third kappa shape index (κ3) is 6.09. The van der Waals surface area contributed by atoms with Gasteiger partial charge in [-0.15, -0.1) is 0 Å². The highest BCUT2D eigenvalue weighted by Crippen LogP contribution is 2.21. The van der Waals surface area contributed by atoms with Crippen LogP contribution in [0, 0.1) is 5.92 Å². The first kappa shape index (κ1) is 13.7. The van der Waals surface area contributed by atoms with Crippen LogP contribution < -0.4 is 5.32 Å². The molecule has 1 N–H and O–H groups in total. The van der Waals surface area contributed by atoms with E-state index < -0.39 is 11.7 Å². The van der Waals surface area contributed by atoms with E-state index in [1.807, 2.05) is 0 Å². The molecule has 0 saturated heterocycles. The van der Waals surface area contributed by atoms with Crippen LogP contribution in [0.4, 0.5) is 4.79 Å². The number of nitrogens with one attached hydrogen (secondary N) is 1. The fourth-order valence-electron chi connectivity index (χ4n) is 1.72. The summed E-state index contributed by atoms with van der Waals surface area (Å²) >= 11 is 0. The van der Waals surface area contributed by atoms with Gasteiger partial charge in [0.15, 0.2) is 5.78 Å². The molecule has 1 amide bonds. The lowest BCUT2D eigenvalue weighted by Crippen LogP contribution is -2.35. The molecule has 0 aromatic rings. The summed E-state index contributed by atoms with van der Waals surface area (Å²) in [6, 6.07) is 0. The molecule has 0 atom stereocenters. The Morgan fingerprint density at radius 3 is 2.41 bits per heavy atom. The van der Waals surface area contributed by atoms with Crippen LogP contribution in [0.15, 0.2) is 12.2 Å². The molecule has 0 saturated carbocycles. The predicted octanol–water partition coefficient (Wildman–Crippen LogP) is 2.44. The second-order valence-corrected chi connectivity index (χ2v) is 5.41. The van der Waals surface area contributed by atoms with E-state index in [9.17, 15) is 9.59 Å². The molecule has 0 heterocycles. The molecule has 0 bridgehead atoms. The Balaban J connectivity index is 2.17. The number of amides is 1. The number of allylic oxidation sites excluding steroid dienone is 2. The third-order valence-corrected chi connectivity index (χ3v) is 2.45. The van der Waals surface area contributed by atoms with Crippen LogP contribution in [-0.2, 0) is 9.53 Å². The van der Waals surface area contributed by atoms with Crippen LogP contribution in [0.1, 0.15) is 40.0 Å². The number of alkyl carbamates (subject to hydrolysis) is 1. The molecule has 0 unspecified atom stereocenters. The van der Waals surface area contributed by atoms with Crippen molar-refractivity contribution in [2.45, 2.75) is 45.6 Å². The number of hydrogen-bond donors (Lipinski definition) is 1. The van der Waals surface area contributed by atoms with Crippen molar-refractivity contribution in [2.75, 3.05) is 6.54 Å². The van der Waals surface area contributed by atoms with Crippen LogP contribution in [0.2, 0.25) is 0 Å². The van der Waals surface area contributed by atoms with Gasteiger partial charge in [-0.2, -0.15) is 0 Å². The molecule has 96 valence electrons. The molecule has 1 aliphatic rings. The molecular formula is C13H21NO3. The smallest absolute Gasteiger partial charge is 0.408 e. The number of Topliss-reactive ketones (excluding diaryl/α,β-unsaturated/α-hetero) is 1. The monoisotopic (exact) mass is 239 g/mol. The molecule has 0 aliphatic heterocycles. The van der Waals surface area contributed by atoms with Crippen molar-refractivity contribution < 1.29 is 14.3 Å². The normalized spacial score (nSPS) is 15.9. The minimum absolute atomic E-state index is 0.0598. The highest BCUT2D eigenvalue weighted by atomic mass is 16.6. The van der Waals surface area contributed by atoms with Gasteiger partial charge in [0.2, 0.25) is 0 Å². The number of ether oxygens (including phenoxy) is 1. The Morgan fingerprint density at radius 2 is 1.88 bits per heavy atom. The Labute approximate surface area is 102 Å². The molecule has 1 aliphatic carbocycles. The lowest BCUT2D eigenvalue weighted by atomic mass is 10.0. The standard InChI is InChI=1S/C13H21NO3/c1-13(2,3)17-12(16)14-9-11(15)8-10-6-4-5-7-10/h4-5,10H,6-9H2,1-3H3,(H,14,16). The number of hydrogen-bond acceptors (Lipinski definition) is 3. The number of ketones is 1. The number of carbonyl (C=O) groups is 2. The van der Waals surface area contributed by atoms with Crippen molar-refractivity contribution in [3.05, 3.63) is 12.2 Å². The minimum Gasteiger partial charge on any atom is -0.444 e. The maximum atomic E-state index is 11.6. The van der Waals surface area contributed by atoms with E-state index in [0.29, 0.717) is 12.3 Å².